The molecule has 2 rings (SSSR count). The number of nitrogens with one attached hydrogen (secondary N) is 2. The molecule has 6 nitrogen and oxygen atoms in total. The van der Waals surface area contributed by atoms with Crippen molar-refractivity contribution in [3.63, 3.8) is 0 Å². The maximum Gasteiger partial charge on any atom is 0.305 e. The van der Waals surface area contributed by atoms with Crippen LogP contribution in [-0.4, -0.2) is 28.9 Å². The average molecular weight is 395 g/mol. The van der Waals surface area contributed by atoms with Crippen LogP contribution in [0.3, 0.4) is 0 Å². The second-order valence-corrected chi connectivity index (χ2v) is 7.64. The minimum Gasteiger partial charge on any atom is -0.481 e. The molecular formula is C20H27ClN2O4. The lowest BCUT2D eigenvalue weighted by atomic mass is 9.87. The SMILES string of the molecule is CC(NC(=O)CC1CCCCC1)C(=O)N[C@@H](CC(=O)O)c1ccc(Cl)cc1. The van der Waals surface area contributed by atoms with Crippen molar-refractivity contribution in [2.45, 2.75) is 64.0 Å². The summed E-state index contributed by atoms with van der Waals surface area (Å²) in [7, 11) is 0. The van der Waals surface area contributed by atoms with E-state index in [1.165, 1.54) is 6.42 Å². The molecule has 1 aromatic rings. The fourth-order valence-corrected chi connectivity index (χ4v) is 3.56. The van der Waals surface area contributed by atoms with Gasteiger partial charge in [0.2, 0.25) is 11.8 Å². The van der Waals surface area contributed by atoms with Gasteiger partial charge in [-0.2, -0.15) is 0 Å². The number of rotatable bonds is 8. The van der Waals surface area contributed by atoms with Crippen LogP contribution in [0.25, 0.3) is 0 Å². The highest BCUT2D eigenvalue weighted by Gasteiger charge is 2.24. The molecule has 1 aromatic carbocycles. The smallest absolute Gasteiger partial charge is 0.305 e. The van der Waals surface area contributed by atoms with Gasteiger partial charge in [-0.3, -0.25) is 14.4 Å². The van der Waals surface area contributed by atoms with Crippen LogP contribution < -0.4 is 10.6 Å². The van der Waals surface area contributed by atoms with E-state index in [4.69, 9.17) is 16.7 Å². The van der Waals surface area contributed by atoms with E-state index < -0.39 is 24.0 Å². The fourth-order valence-electron chi connectivity index (χ4n) is 3.44. The molecule has 0 spiro atoms. The zero-order chi connectivity index (χ0) is 19.8. The monoisotopic (exact) mass is 394 g/mol. The maximum atomic E-state index is 12.5. The van der Waals surface area contributed by atoms with E-state index in [0.29, 0.717) is 22.9 Å². The van der Waals surface area contributed by atoms with Crippen LogP contribution in [-0.2, 0) is 14.4 Å². The molecule has 0 heterocycles. The zero-order valence-electron chi connectivity index (χ0n) is 15.5. The van der Waals surface area contributed by atoms with Crippen molar-refractivity contribution in [1.82, 2.24) is 10.6 Å². The van der Waals surface area contributed by atoms with Crippen molar-refractivity contribution in [3.8, 4) is 0 Å². The standard InChI is InChI=1S/C20H27ClN2O4/c1-13(22-18(24)11-14-5-3-2-4-6-14)20(27)23-17(12-19(25)26)15-7-9-16(21)10-8-15/h7-10,13-14,17H,2-6,11-12H2,1H3,(H,22,24)(H,23,27)(H,25,26)/t13?,17-/m0/s1. The third kappa shape index (κ3) is 7.21. The molecule has 148 valence electrons. The lowest BCUT2D eigenvalue weighted by molar-refractivity contribution is -0.138. The highest BCUT2D eigenvalue weighted by atomic mass is 35.5. The van der Waals surface area contributed by atoms with Crippen LogP contribution in [0.4, 0.5) is 0 Å². The molecule has 1 saturated carbocycles. The lowest BCUT2D eigenvalue weighted by Crippen LogP contribution is -2.46. The Morgan fingerprint density at radius 3 is 2.33 bits per heavy atom. The molecule has 0 aromatic heterocycles. The Kier molecular flexibility index (Phi) is 8.10. The molecule has 2 amide bonds. The van der Waals surface area contributed by atoms with Crippen molar-refractivity contribution in [2.75, 3.05) is 0 Å². The van der Waals surface area contributed by atoms with Crippen LogP contribution >= 0.6 is 11.6 Å². The molecule has 27 heavy (non-hydrogen) atoms. The second-order valence-electron chi connectivity index (χ2n) is 7.21. The van der Waals surface area contributed by atoms with E-state index in [2.05, 4.69) is 10.6 Å². The number of carboxylic acid groups (broad SMARTS) is 1. The summed E-state index contributed by atoms with van der Waals surface area (Å²) in [5, 5.41) is 15.1. The molecule has 1 aliphatic rings. The average Bonchev–Trinajstić information content (AvgIpc) is 2.62. The number of benzene rings is 1. The summed E-state index contributed by atoms with van der Waals surface area (Å²) in [6.45, 7) is 1.60. The molecule has 0 aliphatic heterocycles. The predicted molar refractivity (Wildman–Crippen MR) is 103 cm³/mol. The number of carboxylic acids is 1. The third-order valence-corrected chi connectivity index (χ3v) is 5.19. The quantitative estimate of drug-likeness (QED) is 0.629. The highest BCUT2D eigenvalue weighted by molar-refractivity contribution is 6.30. The molecule has 7 heteroatoms. The number of hydrogen-bond acceptors (Lipinski definition) is 3. The molecule has 0 saturated heterocycles. The number of carbonyl (C=O) groups excluding carboxylic acids is 2. The van der Waals surface area contributed by atoms with Gasteiger partial charge in [-0.25, -0.2) is 0 Å². The number of carbonyl (C=O) groups is 3. The van der Waals surface area contributed by atoms with E-state index in [1.54, 1.807) is 31.2 Å². The van der Waals surface area contributed by atoms with Crippen molar-refractivity contribution >= 4 is 29.4 Å². The normalized spacial score (nSPS) is 17.0. The Bertz CT molecular complexity index is 656. The predicted octanol–water partition coefficient (Wildman–Crippen LogP) is 3.45. The molecular weight excluding hydrogens is 368 g/mol. The largest absolute Gasteiger partial charge is 0.481 e. The Morgan fingerprint density at radius 2 is 1.74 bits per heavy atom. The van der Waals surface area contributed by atoms with Gasteiger partial charge in [-0.15, -0.1) is 0 Å². The summed E-state index contributed by atoms with van der Waals surface area (Å²) >= 11 is 5.86. The first-order valence-corrected chi connectivity index (χ1v) is 9.80. The Balaban J connectivity index is 1.91. The lowest BCUT2D eigenvalue weighted by Gasteiger charge is -2.23. The second kappa shape index (κ2) is 10.3. The van der Waals surface area contributed by atoms with Crippen LogP contribution in [0.5, 0.6) is 0 Å². The first kappa shape index (κ1) is 21.2. The summed E-state index contributed by atoms with van der Waals surface area (Å²) in [5.41, 5.74) is 0.649. The van der Waals surface area contributed by atoms with Crippen LogP contribution in [0.1, 0.15) is 63.5 Å². The highest BCUT2D eigenvalue weighted by Crippen LogP contribution is 2.26. The van der Waals surface area contributed by atoms with E-state index in [1.807, 2.05) is 0 Å². The van der Waals surface area contributed by atoms with Gasteiger partial charge in [0.1, 0.15) is 6.04 Å². The van der Waals surface area contributed by atoms with Gasteiger partial charge in [0.15, 0.2) is 0 Å². The van der Waals surface area contributed by atoms with Crippen LogP contribution in [0.15, 0.2) is 24.3 Å². The number of halogens is 1. The van der Waals surface area contributed by atoms with Crippen LogP contribution in [0.2, 0.25) is 5.02 Å². The van der Waals surface area contributed by atoms with Gasteiger partial charge in [-0.05, 0) is 43.4 Å². The van der Waals surface area contributed by atoms with E-state index in [-0.39, 0.29) is 12.3 Å². The van der Waals surface area contributed by atoms with Gasteiger partial charge in [0, 0.05) is 11.4 Å². The summed E-state index contributed by atoms with van der Waals surface area (Å²) in [6.07, 6.45) is 5.85. The molecule has 1 fully saturated rings. The summed E-state index contributed by atoms with van der Waals surface area (Å²) in [6, 6.07) is 5.24. The Hall–Kier alpha value is -2.08. The molecule has 0 bridgehead atoms. The zero-order valence-corrected chi connectivity index (χ0v) is 16.3. The van der Waals surface area contributed by atoms with Crippen molar-refractivity contribution in [3.05, 3.63) is 34.9 Å². The van der Waals surface area contributed by atoms with E-state index >= 15 is 0 Å². The maximum absolute atomic E-state index is 12.5. The molecule has 0 radical (unpaired) electrons. The van der Waals surface area contributed by atoms with Gasteiger partial charge >= 0.3 is 5.97 Å². The van der Waals surface area contributed by atoms with E-state index in [0.717, 1.165) is 25.7 Å². The summed E-state index contributed by atoms with van der Waals surface area (Å²) in [5.74, 6) is -1.17. The minimum absolute atomic E-state index is 0.133. The molecule has 1 aliphatic carbocycles. The van der Waals surface area contributed by atoms with Gasteiger partial charge in [0.25, 0.3) is 0 Å². The first-order chi connectivity index (χ1) is 12.8. The van der Waals surface area contributed by atoms with Crippen molar-refractivity contribution < 1.29 is 19.5 Å². The van der Waals surface area contributed by atoms with Gasteiger partial charge < -0.3 is 15.7 Å². The topological polar surface area (TPSA) is 95.5 Å². The molecule has 3 N–H and O–H groups in total. The third-order valence-electron chi connectivity index (χ3n) is 4.94. The van der Waals surface area contributed by atoms with Crippen LogP contribution in [0, 0.1) is 5.92 Å². The summed E-state index contributed by atoms with van der Waals surface area (Å²) < 4.78 is 0. The van der Waals surface area contributed by atoms with Gasteiger partial charge in [-0.1, -0.05) is 43.0 Å². The number of aliphatic carboxylic acids is 1. The first-order valence-electron chi connectivity index (χ1n) is 9.42. The van der Waals surface area contributed by atoms with Crippen molar-refractivity contribution in [2.24, 2.45) is 5.92 Å². The Labute approximate surface area is 164 Å². The molecule has 2 atom stereocenters. The van der Waals surface area contributed by atoms with Crippen molar-refractivity contribution in [1.29, 1.82) is 0 Å². The molecule has 1 unspecified atom stereocenters. The number of amides is 2. The van der Waals surface area contributed by atoms with Gasteiger partial charge in [0.05, 0.1) is 12.5 Å². The Morgan fingerprint density at radius 1 is 1.11 bits per heavy atom. The number of hydrogen-bond donors (Lipinski definition) is 3. The summed E-state index contributed by atoms with van der Waals surface area (Å²) in [4.78, 5) is 35.8. The fraction of sp³-hybridized carbons (Fsp3) is 0.550. The minimum atomic E-state index is -1.02. The van der Waals surface area contributed by atoms with E-state index in [9.17, 15) is 14.4 Å².